The Morgan fingerprint density at radius 1 is 0.865 bits per heavy atom. The Labute approximate surface area is 217 Å². The van der Waals surface area contributed by atoms with Crippen molar-refractivity contribution in [3.05, 3.63) is 59.7 Å². The Kier molecular flexibility index (Phi) is 9.66. The van der Waals surface area contributed by atoms with Crippen LogP contribution in [0.15, 0.2) is 48.5 Å². The van der Waals surface area contributed by atoms with E-state index in [1.54, 1.807) is 37.8 Å². The minimum absolute atomic E-state index is 0.0445. The molecule has 2 aromatic carbocycles. The molecule has 3 amide bonds. The van der Waals surface area contributed by atoms with Crippen molar-refractivity contribution in [2.45, 2.75) is 70.7 Å². The van der Waals surface area contributed by atoms with E-state index in [4.69, 9.17) is 4.74 Å². The number of aliphatic hydroxyl groups is 2. The molecule has 1 fully saturated rings. The normalized spacial score (nSPS) is 17.7. The summed E-state index contributed by atoms with van der Waals surface area (Å²) in [6.07, 6.45) is -0.0344. The van der Waals surface area contributed by atoms with Crippen LogP contribution in [0.3, 0.4) is 0 Å². The number of rotatable bonds is 8. The number of aryl methyl sites for hydroxylation is 2. The molecule has 37 heavy (non-hydrogen) atoms. The summed E-state index contributed by atoms with van der Waals surface area (Å²) >= 11 is 0. The smallest absolute Gasteiger partial charge is 0.412 e. The number of amides is 3. The Balaban J connectivity index is 1.38. The van der Waals surface area contributed by atoms with Crippen LogP contribution in [0.25, 0.3) is 0 Å². The van der Waals surface area contributed by atoms with Crippen molar-refractivity contribution in [1.29, 1.82) is 0 Å². The van der Waals surface area contributed by atoms with Crippen molar-refractivity contribution in [2.24, 2.45) is 0 Å². The fourth-order valence-electron chi connectivity index (χ4n) is 3.97. The zero-order valence-corrected chi connectivity index (χ0v) is 21.7. The highest BCUT2D eigenvalue weighted by Crippen LogP contribution is 2.17. The van der Waals surface area contributed by atoms with Gasteiger partial charge in [0, 0.05) is 37.3 Å². The quantitative estimate of drug-likeness (QED) is 0.430. The lowest BCUT2D eigenvalue weighted by atomic mass is 10.0. The van der Waals surface area contributed by atoms with Gasteiger partial charge in [0.15, 0.2) is 0 Å². The molecule has 9 nitrogen and oxygen atoms in total. The molecule has 4 N–H and O–H groups in total. The summed E-state index contributed by atoms with van der Waals surface area (Å²) in [5.41, 5.74) is 2.69. The molecule has 3 rings (SSSR count). The third kappa shape index (κ3) is 9.51. The molecule has 200 valence electrons. The van der Waals surface area contributed by atoms with Crippen molar-refractivity contribution in [3.63, 3.8) is 0 Å². The molecule has 0 bridgehead atoms. The first-order chi connectivity index (χ1) is 17.5. The van der Waals surface area contributed by atoms with Gasteiger partial charge < -0.3 is 25.2 Å². The zero-order valence-electron chi connectivity index (χ0n) is 21.7. The van der Waals surface area contributed by atoms with E-state index >= 15 is 0 Å². The minimum Gasteiger partial charge on any atom is -0.444 e. The maximum absolute atomic E-state index is 12.4. The summed E-state index contributed by atoms with van der Waals surface area (Å²) in [7, 11) is 0. The third-order valence-corrected chi connectivity index (χ3v) is 6.00. The van der Waals surface area contributed by atoms with E-state index in [9.17, 15) is 24.6 Å². The third-order valence-electron chi connectivity index (χ3n) is 6.00. The maximum atomic E-state index is 12.4. The van der Waals surface area contributed by atoms with Crippen LogP contribution in [-0.2, 0) is 27.2 Å². The molecule has 0 unspecified atom stereocenters. The number of aliphatic hydroxyl groups excluding tert-OH is 2. The van der Waals surface area contributed by atoms with Gasteiger partial charge in [-0.1, -0.05) is 24.3 Å². The lowest BCUT2D eigenvalue weighted by Crippen LogP contribution is -2.49. The van der Waals surface area contributed by atoms with Crippen molar-refractivity contribution < 1.29 is 29.3 Å². The summed E-state index contributed by atoms with van der Waals surface area (Å²) in [5.74, 6) is -0.151. The van der Waals surface area contributed by atoms with E-state index in [2.05, 4.69) is 10.6 Å². The standard InChI is InChI=1S/C28H37N3O6/c1-28(2,3)37-27(36)30-22-12-6-19(7-13-22)8-14-25(34)29-21-10-4-20(5-11-21)9-15-26(35)31-17-16-23(32)24(33)18-31/h4-7,10-13,23-24,32-33H,8-9,14-18H2,1-3H3,(H,29,34)(H,30,36)/t23-,24+/m0/s1. The van der Waals surface area contributed by atoms with Crippen LogP contribution in [0.5, 0.6) is 0 Å². The molecular formula is C28H37N3O6. The van der Waals surface area contributed by atoms with Crippen LogP contribution in [0.1, 0.15) is 51.2 Å². The Bertz CT molecular complexity index is 1060. The second-order valence-electron chi connectivity index (χ2n) is 10.3. The fraction of sp³-hybridized carbons (Fsp3) is 0.464. The topological polar surface area (TPSA) is 128 Å². The number of ether oxygens (including phenoxy) is 1. The van der Waals surface area contributed by atoms with Crippen molar-refractivity contribution >= 4 is 29.3 Å². The highest BCUT2D eigenvalue weighted by molar-refractivity contribution is 5.91. The SMILES string of the molecule is CC(C)(C)OC(=O)Nc1ccc(CCC(=O)Nc2ccc(CCC(=O)N3CC[C@H](O)[C@H](O)C3)cc2)cc1. The lowest BCUT2D eigenvalue weighted by Gasteiger charge is -2.33. The van der Waals surface area contributed by atoms with Gasteiger partial charge in [-0.05, 0) is 75.4 Å². The number of piperidine rings is 1. The average molecular weight is 512 g/mol. The zero-order chi connectivity index (χ0) is 27.0. The van der Waals surface area contributed by atoms with Gasteiger partial charge in [0.25, 0.3) is 0 Å². The second kappa shape index (κ2) is 12.7. The molecule has 0 saturated carbocycles. The van der Waals surface area contributed by atoms with Crippen molar-refractivity contribution in [1.82, 2.24) is 4.90 Å². The molecule has 1 aliphatic rings. The van der Waals surface area contributed by atoms with E-state index < -0.39 is 23.9 Å². The first kappa shape index (κ1) is 28.1. The van der Waals surface area contributed by atoms with Gasteiger partial charge in [0.2, 0.25) is 11.8 Å². The lowest BCUT2D eigenvalue weighted by molar-refractivity contribution is -0.137. The number of benzene rings is 2. The van der Waals surface area contributed by atoms with E-state index in [-0.39, 0.29) is 18.4 Å². The highest BCUT2D eigenvalue weighted by Gasteiger charge is 2.28. The van der Waals surface area contributed by atoms with Crippen LogP contribution >= 0.6 is 0 Å². The van der Waals surface area contributed by atoms with Gasteiger partial charge in [-0.2, -0.15) is 0 Å². The summed E-state index contributed by atoms with van der Waals surface area (Å²) in [6, 6.07) is 14.7. The molecule has 1 saturated heterocycles. The predicted octanol–water partition coefficient (Wildman–Crippen LogP) is 3.49. The number of β-amino-alcohol motifs (C(OH)–C–C–N with tert-alkyl or cyclic N) is 1. The van der Waals surface area contributed by atoms with E-state index in [0.29, 0.717) is 50.0 Å². The Morgan fingerprint density at radius 3 is 1.95 bits per heavy atom. The number of hydrogen-bond acceptors (Lipinski definition) is 6. The summed E-state index contributed by atoms with van der Waals surface area (Å²) in [5, 5.41) is 24.9. The van der Waals surface area contributed by atoms with E-state index in [1.807, 2.05) is 36.4 Å². The predicted molar refractivity (Wildman–Crippen MR) is 141 cm³/mol. The Hall–Kier alpha value is -3.43. The first-order valence-electron chi connectivity index (χ1n) is 12.6. The first-order valence-corrected chi connectivity index (χ1v) is 12.6. The van der Waals surface area contributed by atoms with Gasteiger partial charge in [-0.15, -0.1) is 0 Å². The van der Waals surface area contributed by atoms with Gasteiger partial charge in [-0.25, -0.2) is 4.79 Å². The van der Waals surface area contributed by atoms with Gasteiger partial charge in [-0.3, -0.25) is 14.9 Å². The molecule has 2 atom stereocenters. The number of carbonyl (C=O) groups excluding carboxylic acids is 3. The molecule has 1 heterocycles. The van der Waals surface area contributed by atoms with Crippen LogP contribution in [0.4, 0.5) is 16.2 Å². The number of hydrogen-bond donors (Lipinski definition) is 4. The largest absolute Gasteiger partial charge is 0.444 e. The second-order valence-corrected chi connectivity index (χ2v) is 10.3. The van der Waals surface area contributed by atoms with Crippen LogP contribution in [0, 0.1) is 0 Å². The van der Waals surface area contributed by atoms with Crippen LogP contribution < -0.4 is 10.6 Å². The van der Waals surface area contributed by atoms with Crippen molar-refractivity contribution in [3.8, 4) is 0 Å². The van der Waals surface area contributed by atoms with E-state index in [0.717, 1.165) is 11.1 Å². The van der Waals surface area contributed by atoms with Crippen LogP contribution in [-0.4, -0.2) is 63.9 Å². The molecule has 0 spiro atoms. The number of nitrogens with one attached hydrogen (secondary N) is 2. The van der Waals surface area contributed by atoms with Gasteiger partial charge >= 0.3 is 6.09 Å². The molecule has 0 radical (unpaired) electrons. The maximum Gasteiger partial charge on any atom is 0.412 e. The van der Waals surface area contributed by atoms with Gasteiger partial charge in [0.05, 0.1) is 12.2 Å². The number of carbonyl (C=O) groups is 3. The molecule has 0 aliphatic carbocycles. The monoisotopic (exact) mass is 511 g/mol. The molecule has 2 aromatic rings. The molecule has 0 aromatic heterocycles. The molecular weight excluding hydrogens is 474 g/mol. The molecule has 9 heteroatoms. The summed E-state index contributed by atoms with van der Waals surface area (Å²) < 4.78 is 5.23. The summed E-state index contributed by atoms with van der Waals surface area (Å²) in [4.78, 5) is 38.2. The minimum atomic E-state index is -0.888. The average Bonchev–Trinajstić information content (AvgIpc) is 2.83. The fourth-order valence-corrected chi connectivity index (χ4v) is 3.97. The highest BCUT2D eigenvalue weighted by atomic mass is 16.6. The molecule has 1 aliphatic heterocycles. The van der Waals surface area contributed by atoms with Crippen molar-refractivity contribution in [2.75, 3.05) is 23.7 Å². The Morgan fingerprint density at radius 2 is 1.41 bits per heavy atom. The number of anilines is 2. The van der Waals surface area contributed by atoms with Crippen LogP contribution in [0.2, 0.25) is 0 Å². The number of likely N-dealkylation sites (tertiary alicyclic amines) is 1. The summed E-state index contributed by atoms with van der Waals surface area (Å²) in [6.45, 7) is 6.02. The van der Waals surface area contributed by atoms with E-state index in [1.165, 1.54) is 0 Å². The van der Waals surface area contributed by atoms with Gasteiger partial charge in [0.1, 0.15) is 5.60 Å². The number of nitrogens with zero attached hydrogens (tertiary/aromatic N) is 1.